The average Bonchev–Trinajstić information content (AvgIpc) is 2.65. The molecule has 0 saturated carbocycles. The van der Waals surface area contributed by atoms with Gasteiger partial charge in [-0.15, -0.1) is 0 Å². The molecule has 0 bridgehead atoms. The van der Waals surface area contributed by atoms with Gasteiger partial charge in [0.1, 0.15) is 0 Å². The highest BCUT2D eigenvalue weighted by atomic mass is 35.5. The quantitative estimate of drug-likeness (QED) is 0.838. The Labute approximate surface area is 159 Å². The summed E-state index contributed by atoms with van der Waals surface area (Å²) in [5.41, 5.74) is 0.535. The molecule has 1 saturated heterocycles. The molecule has 1 aliphatic heterocycles. The topological polar surface area (TPSA) is 66.5 Å². The van der Waals surface area contributed by atoms with Gasteiger partial charge in [0.25, 0.3) is 0 Å². The van der Waals surface area contributed by atoms with Crippen LogP contribution in [0.3, 0.4) is 0 Å². The summed E-state index contributed by atoms with van der Waals surface area (Å²) in [6.07, 6.45) is 2.48. The number of para-hydroxylation sites is 1. The second-order valence-electron chi connectivity index (χ2n) is 6.31. The third-order valence-electron chi connectivity index (χ3n) is 4.49. The molecule has 1 aliphatic rings. The summed E-state index contributed by atoms with van der Waals surface area (Å²) in [7, 11) is -3.61. The minimum atomic E-state index is -3.61. The van der Waals surface area contributed by atoms with E-state index in [4.69, 9.17) is 11.6 Å². The highest BCUT2D eigenvalue weighted by Crippen LogP contribution is 2.28. The molecule has 7 heteroatoms. The lowest BCUT2D eigenvalue weighted by Gasteiger charge is -2.34. The lowest BCUT2D eigenvalue weighted by Crippen LogP contribution is -2.45. The van der Waals surface area contributed by atoms with Crippen LogP contribution < -0.4 is 5.32 Å². The summed E-state index contributed by atoms with van der Waals surface area (Å²) >= 11 is 6.07. The number of carbonyl (C=O) groups is 1. The van der Waals surface area contributed by atoms with E-state index in [1.807, 2.05) is 0 Å². The number of anilines is 1. The number of rotatable bonds is 5. The van der Waals surface area contributed by atoms with Gasteiger partial charge in [-0.25, -0.2) is 8.42 Å². The molecular weight excluding hydrogens is 372 g/mol. The van der Waals surface area contributed by atoms with E-state index < -0.39 is 10.0 Å². The Balaban J connectivity index is 1.75. The molecule has 26 heavy (non-hydrogen) atoms. The van der Waals surface area contributed by atoms with Crippen LogP contribution in [-0.4, -0.2) is 31.2 Å². The standard InChI is InChI=1S/C19H21ClN2O3S/c20-17-11-4-5-12-18(17)21-19(23)14-15-8-6-7-13-22(15)26(24,25)16-9-2-1-3-10-16/h1-5,9-12,15H,6-8,13-14H2,(H,21,23)/t15-/m1/s1. The minimum Gasteiger partial charge on any atom is -0.325 e. The van der Waals surface area contributed by atoms with Crippen molar-refractivity contribution in [1.29, 1.82) is 0 Å². The maximum absolute atomic E-state index is 13.0. The number of benzene rings is 2. The first-order chi connectivity index (χ1) is 12.5. The molecule has 0 spiro atoms. The molecule has 0 aromatic heterocycles. The maximum Gasteiger partial charge on any atom is 0.243 e. The van der Waals surface area contributed by atoms with Gasteiger partial charge in [0.2, 0.25) is 15.9 Å². The van der Waals surface area contributed by atoms with Gasteiger partial charge in [-0.3, -0.25) is 4.79 Å². The Bertz CT molecular complexity index is 871. The molecule has 1 heterocycles. The van der Waals surface area contributed by atoms with E-state index in [1.54, 1.807) is 54.6 Å². The fourth-order valence-electron chi connectivity index (χ4n) is 3.20. The van der Waals surface area contributed by atoms with Gasteiger partial charge in [-0.1, -0.05) is 48.4 Å². The van der Waals surface area contributed by atoms with Crippen LogP contribution in [0.15, 0.2) is 59.5 Å². The van der Waals surface area contributed by atoms with Crippen molar-refractivity contribution in [1.82, 2.24) is 4.31 Å². The molecule has 1 atom stereocenters. The van der Waals surface area contributed by atoms with Crippen LogP contribution in [0.2, 0.25) is 5.02 Å². The van der Waals surface area contributed by atoms with Crippen molar-refractivity contribution in [3.8, 4) is 0 Å². The van der Waals surface area contributed by atoms with Crippen LogP contribution in [-0.2, 0) is 14.8 Å². The van der Waals surface area contributed by atoms with Crippen molar-refractivity contribution >= 4 is 33.2 Å². The zero-order valence-corrected chi connectivity index (χ0v) is 15.8. The Morgan fingerprint density at radius 2 is 1.77 bits per heavy atom. The maximum atomic E-state index is 13.0. The summed E-state index contributed by atoms with van der Waals surface area (Å²) in [5.74, 6) is -0.238. The molecule has 0 unspecified atom stereocenters. The molecule has 0 aliphatic carbocycles. The first kappa shape index (κ1) is 18.9. The lowest BCUT2D eigenvalue weighted by atomic mass is 10.0. The predicted octanol–water partition coefficient (Wildman–Crippen LogP) is 3.91. The van der Waals surface area contributed by atoms with E-state index in [2.05, 4.69) is 5.32 Å². The number of sulfonamides is 1. The SMILES string of the molecule is O=C(C[C@H]1CCCCN1S(=O)(=O)c1ccccc1)Nc1ccccc1Cl. The highest BCUT2D eigenvalue weighted by Gasteiger charge is 2.34. The van der Waals surface area contributed by atoms with E-state index in [-0.39, 0.29) is 23.3 Å². The Kier molecular flexibility index (Phi) is 5.96. The van der Waals surface area contributed by atoms with E-state index in [9.17, 15) is 13.2 Å². The normalized spacial score (nSPS) is 18.4. The van der Waals surface area contributed by atoms with E-state index in [0.29, 0.717) is 23.7 Å². The van der Waals surface area contributed by atoms with Gasteiger partial charge >= 0.3 is 0 Å². The van der Waals surface area contributed by atoms with Gasteiger partial charge in [0.05, 0.1) is 15.6 Å². The third kappa shape index (κ3) is 4.26. The van der Waals surface area contributed by atoms with Crippen molar-refractivity contribution in [3.05, 3.63) is 59.6 Å². The molecule has 1 amide bonds. The largest absolute Gasteiger partial charge is 0.325 e. The number of hydrogen-bond acceptors (Lipinski definition) is 3. The zero-order chi connectivity index (χ0) is 18.6. The smallest absolute Gasteiger partial charge is 0.243 e. The molecule has 1 fully saturated rings. The number of nitrogens with one attached hydrogen (secondary N) is 1. The van der Waals surface area contributed by atoms with Crippen LogP contribution in [0.5, 0.6) is 0 Å². The molecule has 138 valence electrons. The molecule has 2 aromatic rings. The van der Waals surface area contributed by atoms with E-state index in [0.717, 1.165) is 12.8 Å². The van der Waals surface area contributed by atoms with Gasteiger partial charge in [0, 0.05) is 19.0 Å². The minimum absolute atomic E-state index is 0.108. The number of piperidine rings is 1. The van der Waals surface area contributed by atoms with Crippen molar-refractivity contribution in [2.45, 2.75) is 36.6 Å². The van der Waals surface area contributed by atoms with Crippen LogP contribution in [0.25, 0.3) is 0 Å². The summed E-state index contributed by atoms with van der Waals surface area (Å²) in [6, 6.07) is 15.0. The second kappa shape index (κ2) is 8.20. The summed E-state index contributed by atoms with van der Waals surface area (Å²) in [4.78, 5) is 12.7. The Morgan fingerprint density at radius 1 is 1.08 bits per heavy atom. The van der Waals surface area contributed by atoms with Crippen LogP contribution in [0.1, 0.15) is 25.7 Å². The molecule has 1 N–H and O–H groups in total. The van der Waals surface area contributed by atoms with Crippen molar-refractivity contribution in [2.75, 3.05) is 11.9 Å². The molecule has 5 nitrogen and oxygen atoms in total. The molecule has 2 aromatic carbocycles. The van der Waals surface area contributed by atoms with Crippen LogP contribution in [0, 0.1) is 0 Å². The van der Waals surface area contributed by atoms with E-state index in [1.165, 1.54) is 4.31 Å². The molecular formula is C19H21ClN2O3S. The Hall–Kier alpha value is -1.89. The van der Waals surface area contributed by atoms with E-state index >= 15 is 0 Å². The van der Waals surface area contributed by atoms with Gasteiger partial charge < -0.3 is 5.32 Å². The summed E-state index contributed by atoms with van der Waals surface area (Å²) in [6.45, 7) is 0.432. The summed E-state index contributed by atoms with van der Waals surface area (Å²) < 4.78 is 27.4. The monoisotopic (exact) mass is 392 g/mol. The third-order valence-corrected chi connectivity index (χ3v) is 6.79. The number of halogens is 1. The fourth-order valence-corrected chi connectivity index (χ4v) is 5.10. The number of carbonyl (C=O) groups excluding carboxylic acids is 1. The predicted molar refractivity (Wildman–Crippen MR) is 103 cm³/mol. The van der Waals surface area contributed by atoms with Crippen molar-refractivity contribution in [3.63, 3.8) is 0 Å². The molecule has 0 radical (unpaired) electrons. The van der Waals surface area contributed by atoms with Gasteiger partial charge in [-0.05, 0) is 37.1 Å². The number of hydrogen-bond donors (Lipinski definition) is 1. The average molecular weight is 393 g/mol. The Morgan fingerprint density at radius 3 is 2.50 bits per heavy atom. The fraction of sp³-hybridized carbons (Fsp3) is 0.316. The summed E-state index contributed by atoms with van der Waals surface area (Å²) in [5, 5.41) is 3.23. The van der Waals surface area contributed by atoms with Crippen molar-refractivity contribution < 1.29 is 13.2 Å². The highest BCUT2D eigenvalue weighted by molar-refractivity contribution is 7.89. The first-order valence-electron chi connectivity index (χ1n) is 8.60. The van der Waals surface area contributed by atoms with Crippen LogP contribution >= 0.6 is 11.6 Å². The number of nitrogens with zero attached hydrogens (tertiary/aromatic N) is 1. The lowest BCUT2D eigenvalue weighted by molar-refractivity contribution is -0.117. The number of amides is 1. The second-order valence-corrected chi connectivity index (χ2v) is 8.61. The molecule has 3 rings (SSSR count). The van der Waals surface area contributed by atoms with Gasteiger partial charge in [0.15, 0.2) is 0 Å². The zero-order valence-electron chi connectivity index (χ0n) is 14.3. The van der Waals surface area contributed by atoms with Gasteiger partial charge in [-0.2, -0.15) is 4.31 Å². The van der Waals surface area contributed by atoms with Crippen LogP contribution in [0.4, 0.5) is 5.69 Å². The van der Waals surface area contributed by atoms with Crippen molar-refractivity contribution in [2.24, 2.45) is 0 Å². The first-order valence-corrected chi connectivity index (χ1v) is 10.4.